The lowest BCUT2D eigenvalue weighted by atomic mass is 10.1. The molecule has 0 fully saturated rings. The maximum absolute atomic E-state index is 12.1. The van der Waals surface area contributed by atoms with Crippen molar-refractivity contribution in [2.45, 2.75) is 50.5 Å². The molecule has 118 valence electrons. The predicted octanol–water partition coefficient (Wildman–Crippen LogP) is 2.11. The number of benzene rings is 1. The van der Waals surface area contributed by atoms with E-state index < -0.39 is 16.1 Å². The molecular formula is C15H23NO4S. The highest BCUT2D eigenvalue weighted by atomic mass is 32.2. The van der Waals surface area contributed by atoms with Gasteiger partial charge in [0.15, 0.2) is 5.78 Å². The highest BCUT2D eigenvalue weighted by Gasteiger charge is 2.18. The number of rotatable bonds is 9. The van der Waals surface area contributed by atoms with Gasteiger partial charge in [-0.2, -0.15) is 0 Å². The average Bonchev–Trinajstić information content (AvgIpc) is 2.50. The Morgan fingerprint density at radius 1 is 1.24 bits per heavy atom. The molecule has 0 aromatic heterocycles. The number of hydrogen-bond acceptors (Lipinski definition) is 4. The van der Waals surface area contributed by atoms with Gasteiger partial charge in [0.05, 0.1) is 11.5 Å². The van der Waals surface area contributed by atoms with Gasteiger partial charge in [-0.3, -0.25) is 4.79 Å². The first-order valence-corrected chi connectivity index (χ1v) is 8.69. The minimum absolute atomic E-state index is 0.0237. The molecule has 21 heavy (non-hydrogen) atoms. The zero-order chi connectivity index (χ0) is 15.9. The molecule has 1 atom stereocenters. The number of ketones is 1. The zero-order valence-corrected chi connectivity index (χ0v) is 13.3. The van der Waals surface area contributed by atoms with Crippen LogP contribution in [0.2, 0.25) is 0 Å². The maximum atomic E-state index is 12.1. The molecule has 1 rings (SSSR count). The largest absolute Gasteiger partial charge is 0.395 e. The fourth-order valence-corrected chi connectivity index (χ4v) is 3.15. The molecule has 0 heterocycles. The van der Waals surface area contributed by atoms with Crippen molar-refractivity contribution in [2.24, 2.45) is 0 Å². The highest BCUT2D eigenvalue weighted by Crippen LogP contribution is 2.14. The second-order valence-electron chi connectivity index (χ2n) is 4.96. The summed E-state index contributed by atoms with van der Waals surface area (Å²) < 4.78 is 26.6. The summed E-state index contributed by atoms with van der Waals surface area (Å²) in [5.74, 6) is 0.0237. The highest BCUT2D eigenvalue weighted by molar-refractivity contribution is 7.89. The third-order valence-corrected chi connectivity index (χ3v) is 4.82. The first kappa shape index (κ1) is 17.8. The van der Waals surface area contributed by atoms with E-state index >= 15 is 0 Å². The van der Waals surface area contributed by atoms with E-state index in [1.807, 2.05) is 6.92 Å². The van der Waals surface area contributed by atoms with Crippen LogP contribution in [0.1, 0.15) is 49.9 Å². The van der Waals surface area contributed by atoms with E-state index in [0.717, 1.165) is 12.8 Å². The number of carbonyl (C=O) groups excluding carboxylic acids is 1. The molecular weight excluding hydrogens is 290 g/mol. The summed E-state index contributed by atoms with van der Waals surface area (Å²) >= 11 is 0. The predicted molar refractivity (Wildman–Crippen MR) is 81.8 cm³/mol. The van der Waals surface area contributed by atoms with Crippen LogP contribution in [0.4, 0.5) is 0 Å². The Bertz CT molecular complexity index is 548. The smallest absolute Gasteiger partial charge is 0.240 e. The lowest BCUT2D eigenvalue weighted by molar-refractivity contribution is 0.0979. The topological polar surface area (TPSA) is 83.5 Å². The van der Waals surface area contributed by atoms with Gasteiger partial charge in [0.1, 0.15) is 0 Å². The number of aliphatic hydroxyl groups excluding tert-OH is 1. The third-order valence-electron chi connectivity index (χ3n) is 3.28. The molecule has 1 unspecified atom stereocenters. The molecule has 0 spiro atoms. The molecule has 0 aliphatic rings. The molecule has 1 aromatic rings. The van der Waals surface area contributed by atoms with E-state index in [1.54, 1.807) is 6.92 Å². The standard InChI is InChI=1S/C15H23NO4S/c1-3-5-6-15(18)12-7-9-14(10-8-12)21(19,20)16-13(4-2)11-17/h7-10,13,16-17H,3-6,11H2,1-2H3. The van der Waals surface area contributed by atoms with E-state index in [9.17, 15) is 13.2 Å². The second-order valence-corrected chi connectivity index (χ2v) is 6.67. The minimum atomic E-state index is -3.66. The van der Waals surface area contributed by atoms with Crippen molar-refractivity contribution in [1.29, 1.82) is 0 Å². The molecule has 0 saturated carbocycles. The summed E-state index contributed by atoms with van der Waals surface area (Å²) in [4.78, 5) is 11.9. The number of nitrogens with one attached hydrogen (secondary N) is 1. The van der Waals surface area contributed by atoms with Gasteiger partial charge in [0.2, 0.25) is 10.0 Å². The Hall–Kier alpha value is -1.24. The van der Waals surface area contributed by atoms with Gasteiger partial charge in [-0.05, 0) is 25.0 Å². The molecule has 0 saturated heterocycles. The van der Waals surface area contributed by atoms with Gasteiger partial charge < -0.3 is 5.11 Å². The number of carbonyl (C=O) groups is 1. The van der Waals surface area contributed by atoms with Crippen molar-refractivity contribution in [1.82, 2.24) is 4.72 Å². The summed E-state index contributed by atoms with van der Waals surface area (Å²) in [6.07, 6.45) is 2.75. The molecule has 0 radical (unpaired) electrons. The maximum Gasteiger partial charge on any atom is 0.240 e. The fourth-order valence-electron chi connectivity index (χ4n) is 1.84. The fraction of sp³-hybridized carbons (Fsp3) is 0.533. The molecule has 0 amide bonds. The molecule has 0 aliphatic carbocycles. The molecule has 2 N–H and O–H groups in total. The van der Waals surface area contributed by atoms with Crippen LogP contribution in [0.15, 0.2) is 29.2 Å². The number of hydrogen-bond donors (Lipinski definition) is 2. The van der Waals surface area contributed by atoms with E-state index in [-0.39, 0.29) is 17.3 Å². The van der Waals surface area contributed by atoms with Crippen molar-refractivity contribution in [3.8, 4) is 0 Å². The van der Waals surface area contributed by atoms with E-state index in [4.69, 9.17) is 5.11 Å². The van der Waals surface area contributed by atoms with E-state index in [0.29, 0.717) is 18.4 Å². The average molecular weight is 313 g/mol. The van der Waals surface area contributed by atoms with Gasteiger partial charge in [0, 0.05) is 18.0 Å². The molecule has 6 heteroatoms. The van der Waals surface area contributed by atoms with Crippen LogP contribution in [-0.2, 0) is 10.0 Å². The Morgan fingerprint density at radius 2 is 1.86 bits per heavy atom. The van der Waals surface area contributed by atoms with Crippen molar-refractivity contribution in [2.75, 3.05) is 6.61 Å². The van der Waals surface area contributed by atoms with Gasteiger partial charge in [-0.25, -0.2) is 13.1 Å². The summed E-state index contributed by atoms with van der Waals surface area (Å²) in [6.45, 7) is 3.56. The number of Topliss-reactive ketones (excluding diaryl/α,β-unsaturated/α-hetero) is 1. The first-order chi connectivity index (χ1) is 9.94. The van der Waals surface area contributed by atoms with Crippen LogP contribution in [0.5, 0.6) is 0 Å². The molecule has 1 aromatic carbocycles. The van der Waals surface area contributed by atoms with Crippen LogP contribution in [0.25, 0.3) is 0 Å². The molecule has 5 nitrogen and oxygen atoms in total. The van der Waals surface area contributed by atoms with Gasteiger partial charge in [-0.15, -0.1) is 0 Å². The van der Waals surface area contributed by atoms with Crippen LogP contribution in [-0.4, -0.2) is 32.0 Å². The van der Waals surface area contributed by atoms with Crippen molar-refractivity contribution in [3.05, 3.63) is 29.8 Å². The van der Waals surface area contributed by atoms with Crippen molar-refractivity contribution >= 4 is 15.8 Å². The minimum Gasteiger partial charge on any atom is -0.395 e. The van der Waals surface area contributed by atoms with Gasteiger partial charge >= 0.3 is 0 Å². The first-order valence-electron chi connectivity index (χ1n) is 7.21. The van der Waals surface area contributed by atoms with Crippen LogP contribution in [0, 0.1) is 0 Å². The zero-order valence-electron chi connectivity index (χ0n) is 12.5. The Balaban J connectivity index is 2.84. The van der Waals surface area contributed by atoms with Crippen LogP contribution >= 0.6 is 0 Å². The number of aliphatic hydroxyl groups is 1. The quantitative estimate of drug-likeness (QED) is 0.684. The van der Waals surface area contributed by atoms with Crippen LogP contribution in [0.3, 0.4) is 0 Å². The lowest BCUT2D eigenvalue weighted by Crippen LogP contribution is -2.36. The Morgan fingerprint density at radius 3 is 2.33 bits per heavy atom. The summed E-state index contributed by atoms with van der Waals surface area (Å²) in [5, 5.41) is 9.06. The normalized spacial score (nSPS) is 13.1. The molecule has 0 aliphatic heterocycles. The summed E-state index contributed by atoms with van der Waals surface area (Å²) in [5.41, 5.74) is 0.525. The van der Waals surface area contributed by atoms with Gasteiger partial charge in [0.25, 0.3) is 0 Å². The SMILES string of the molecule is CCCCC(=O)c1ccc(S(=O)(=O)NC(CC)CO)cc1. The summed E-state index contributed by atoms with van der Waals surface area (Å²) in [6, 6.07) is 5.41. The Kier molecular flexibility index (Phi) is 7.01. The monoisotopic (exact) mass is 313 g/mol. The van der Waals surface area contributed by atoms with E-state index in [1.165, 1.54) is 24.3 Å². The molecule has 0 bridgehead atoms. The van der Waals surface area contributed by atoms with Crippen molar-refractivity contribution in [3.63, 3.8) is 0 Å². The van der Waals surface area contributed by atoms with Crippen LogP contribution < -0.4 is 4.72 Å². The summed E-state index contributed by atoms with van der Waals surface area (Å²) in [7, 11) is -3.66. The van der Waals surface area contributed by atoms with Crippen molar-refractivity contribution < 1.29 is 18.3 Å². The third kappa shape index (κ3) is 5.22. The lowest BCUT2D eigenvalue weighted by Gasteiger charge is -2.14. The second kappa shape index (κ2) is 8.26. The van der Waals surface area contributed by atoms with E-state index in [2.05, 4.69) is 4.72 Å². The van der Waals surface area contributed by atoms with Gasteiger partial charge in [-0.1, -0.05) is 32.4 Å². The number of sulfonamides is 1. The number of unbranched alkanes of at least 4 members (excludes halogenated alkanes) is 1. The Labute approximate surface area is 126 Å².